The zero-order valence-corrected chi connectivity index (χ0v) is 11.9. The smallest absolute Gasteiger partial charge is 0.0224 e. The van der Waals surface area contributed by atoms with Crippen LogP contribution in [0.15, 0.2) is 30.3 Å². The number of nitrogens with zero attached hydrogens (tertiary/aromatic N) is 1. The summed E-state index contributed by atoms with van der Waals surface area (Å²) in [6, 6.07) is 12.0. The predicted octanol–water partition coefficient (Wildman–Crippen LogP) is 2.90. The molecule has 1 aromatic rings. The van der Waals surface area contributed by atoms with Gasteiger partial charge in [0.25, 0.3) is 0 Å². The Labute approximate surface area is 111 Å². The van der Waals surface area contributed by atoms with Crippen molar-refractivity contribution in [2.45, 2.75) is 45.8 Å². The summed E-state index contributed by atoms with van der Waals surface area (Å²) in [5.74, 6) is 0.781. The van der Waals surface area contributed by atoms with Crippen LogP contribution in [0.2, 0.25) is 0 Å². The summed E-state index contributed by atoms with van der Waals surface area (Å²) in [6.45, 7) is 10.4. The van der Waals surface area contributed by atoms with Gasteiger partial charge in [-0.1, -0.05) is 37.3 Å². The molecule has 0 aromatic heterocycles. The molecule has 1 aliphatic rings. The SMILES string of the molecule is CC1CCN(C(C)C)CC1NCc1ccccc1. The Hall–Kier alpha value is -0.860. The Balaban J connectivity index is 1.87. The van der Waals surface area contributed by atoms with Crippen LogP contribution in [0.25, 0.3) is 0 Å². The van der Waals surface area contributed by atoms with Crippen molar-refractivity contribution in [2.75, 3.05) is 13.1 Å². The Bertz CT molecular complexity index is 347. The number of hydrogen-bond acceptors (Lipinski definition) is 2. The van der Waals surface area contributed by atoms with Crippen LogP contribution >= 0.6 is 0 Å². The molecule has 0 aliphatic carbocycles. The molecule has 1 heterocycles. The second-order valence-corrected chi connectivity index (χ2v) is 5.83. The quantitative estimate of drug-likeness (QED) is 0.879. The van der Waals surface area contributed by atoms with E-state index in [1.165, 1.54) is 25.1 Å². The summed E-state index contributed by atoms with van der Waals surface area (Å²) < 4.78 is 0. The predicted molar refractivity (Wildman–Crippen MR) is 77.6 cm³/mol. The van der Waals surface area contributed by atoms with E-state index in [0.717, 1.165) is 12.5 Å². The Kier molecular flexibility index (Phi) is 4.79. The third-order valence-electron chi connectivity index (χ3n) is 4.13. The summed E-state index contributed by atoms with van der Waals surface area (Å²) in [4.78, 5) is 2.59. The third-order valence-corrected chi connectivity index (χ3v) is 4.13. The first kappa shape index (κ1) is 13.6. The summed E-state index contributed by atoms with van der Waals surface area (Å²) in [5, 5.41) is 3.73. The Morgan fingerprint density at radius 3 is 2.67 bits per heavy atom. The average molecular weight is 246 g/mol. The Morgan fingerprint density at radius 2 is 2.00 bits per heavy atom. The number of rotatable bonds is 4. The first-order valence-electron chi connectivity index (χ1n) is 7.18. The lowest BCUT2D eigenvalue weighted by atomic mass is 9.92. The normalized spacial score (nSPS) is 25.6. The van der Waals surface area contributed by atoms with Gasteiger partial charge in [-0.25, -0.2) is 0 Å². The second-order valence-electron chi connectivity index (χ2n) is 5.83. The van der Waals surface area contributed by atoms with Gasteiger partial charge < -0.3 is 5.32 Å². The van der Waals surface area contributed by atoms with E-state index in [4.69, 9.17) is 0 Å². The van der Waals surface area contributed by atoms with Crippen LogP contribution in [0.1, 0.15) is 32.8 Å². The molecule has 1 aliphatic heterocycles. The minimum atomic E-state index is 0.626. The monoisotopic (exact) mass is 246 g/mol. The molecular formula is C16H26N2. The van der Waals surface area contributed by atoms with Crippen LogP contribution in [0.4, 0.5) is 0 Å². The molecule has 2 heteroatoms. The largest absolute Gasteiger partial charge is 0.308 e. The molecule has 1 aromatic carbocycles. The number of benzene rings is 1. The molecule has 1 N–H and O–H groups in total. The van der Waals surface area contributed by atoms with Crippen LogP contribution in [-0.2, 0) is 6.54 Å². The Morgan fingerprint density at radius 1 is 1.28 bits per heavy atom. The third kappa shape index (κ3) is 3.56. The van der Waals surface area contributed by atoms with Crippen molar-refractivity contribution in [3.63, 3.8) is 0 Å². The van der Waals surface area contributed by atoms with E-state index in [2.05, 4.69) is 61.3 Å². The minimum Gasteiger partial charge on any atom is -0.308 e. The topological polar surface area (TPSA) is 15.3 Å². The first-order chi connectivity index (χ1) is 8.66. The van der Waals surface area contributed by atoms with Crippen molar-refractivity contribution in [1.29, 1.82) is 0 Å². The van der Waals surface area contributed by atoms with Gasteiger partial charge in [0.05, 0.1) is 0 Å². The highest BCUT2D eigenvalue weighted by molar-refractivity contribution is 5.14. The van der Waals surface area contributed by atoms with Gasteiger partial charge in [-0.3, -0.25) is 4.90 Å². The van der Waals surface area contributed by atoms with E-state index in [9.17, 15) is 0 Å². The molecule has 1 fully saturated rings. The van der Waals surface area contributed by atoms with E-state index < -0.39 is 0 Å². The number of piperidine rings is 1. The van der Waals surface area contributed by atoms with Crippen molar-refractivity contribution in [3.05, 3.63) is 35.9 Å². The number of hydrogen-bond donors (Lipinski definition) is 1. The minimum absolute atomic E-state index is 0.626. The standard InChI is InChI=1S/C16H26N2/c1-13(2)18-10-9-14(3)16(12-18)17-11-15-7-5-4-6-8-15/h4-8,13-14,16-17H,9-12H2,1-3H3. The molecule has 0 amide bonds. The van der Waals surface area contributed by atoms with Gasteiger partial charge in [0, 0.05) is 25.2 Å². The molecule has 0 radical (unpaired) electrons. The molecule has 100 valence electrons. The van der Waals surface area contributed by atoms with Crippen molar-refractivity contribution in [2.24, 2.45) is 5.92 Å². The fraction of sp³-hybridized carbons (Fsp3) is 0.625. The van der Waals surface area contributed by atoms with Crippen molar-refractivity contribution in [1.82, 2.24) is 10.2 Å². The maximum Gasteiger partial charge on any atom is 0.0224 e. The van der Waals surface area contributed by atoms with E-state index in [0.29, 0.717) is 12.1 Å². The molecule has 1 saturated heterocycles. The molecule has 2 unspecified atom stereocenters. The zero-order valence-electron chi connectivity index (χ0n) is 11.9. The van der Waals surface area contributed by atoms with Gasteiger partial charge >= 0.3 is 0 Å². The van der Waals surface area contributed by atoms with Crippen molar-refractivity contribution < 1.29 is 0 Å². The molecule has 2 atom stereocenters. The van der Waals surface area contributed by atoms with Crippen LogP contribution in [-0.4, -0.2) is 30.1 Å². The lowest BCUT2D eigenvalue weighted by Crippen LogP contribution is -2.51. The fourth-order valence-electron chi connectivity index (χ4n) is 2.67. The maximum atomic E-state index is 3.73. The van der Waals surface area contributed by atoms with Crippen LogP contribution in [0.3, 0.4) is 0 Å². The zero-order chi connectivity index (χ0) is 13.0. The van der Waals surface area contributed by atoms with Gasteiger partial charge in [-0.15, -0.1) is 0 Å². The molecule has 2 nitrogen and oxygen atoms in total. The van der Waals surface area contributed by atoms with E-state index in [1.54, 1.807) is 0 Å². The van der Waals surface area contributed by atoms with Gasteiger partial charge in [-0.2, -0.15) is 0 Å². The summed E-state index contributed by atoms with van der Waals surface area (Å²) in [7, 11) is 0. The van der Waals surface area contributed by atoms with Crippen molar-refractivity contribution in [3.8, 4) is 0 Å². The summed E-state index contributed by atoms with van der Waals surface area (Å²) in [5.41, 5.74) is 1.38. The lowest BCUT2D eigenvalue weighted by Gasteiger charge is -2.39. The second kappa shape index (κ2) is 6.35. The summed E-state index contributed by atoms with van der Waals surface area (Å²) in [6.07, 6.45) is 1.31. The molecule has 0 bridgehead atoms. The van der Waals surface area contributed by atoms with Crippen molar-refractivity contribution >= 4 is 0 Å². The van der Waals surface area contributed by atoms with Crippen LogP contribution in [0.5, 0.6) is 0 Å². The van der Waals surface area contributed by atoms with Gasteiger partial charge in [-0.05, 0) is 38.3 Å². The van der Waals surface area contributed by atoms with Gasteiger partial charge in [0.1, 0.15) is 0 Å². The molecular weight excluding hydrogens is 220 g/mol. The molecule has 2 rings (SSSR count). The van der Waals surface area contributed by atoms with E-state index in [-0.39, 0.29) is 0 Å². The average Bonchev–Trinajstić information content (AvgIpc) is 2.38. The van der Waals surface area contributed by atoms with Gasteiger partial charge in [0.2, 0.25) is 0 Å². The summed E-state index contributed by atoms with van der Waals surface area (Å²) >= 11 is 0. The number of likely N-dealkylation sites (tertiary alicyclic amines) is 1. The molecule has 18 heavy (non-hydrogen) atoms. The molecule has 0 saturated carbocycles. The highest BCUT2D eigenvalue weighted by atomic mass is 15.2. The highest BCUT2D eigenvalue weighted by Crippen LogP contribution is 2.19. The first-order valence-corrected chi connectivity index (χ1v) is 7.18. The van der Waals surface area contributed by atoms with Crippen LogP contribution < -0.4 is 5.32 Å². The lowest BCUT2D eigenvalue weighted by molar-refractivity contribution is 0.119. The molecule has 0 spiro atoms. The number of nitrogens with one attached hydrogen (secondary N) is 1. The van der Waals surface area contributed by atoms with Gasteiger partial charge in [0.15, 0.2) is 0 Å². The van der Waals surface area contributed by atoms with E-state index in [1.807, 2.05) is 0 Å². The highest BCUT2D eigenvalue weighted by Gasteiger charge is 2.26. The van der Waals surface area contributed by atoms with Crippen LogP contribution in [0, 0.1) is 5.92 Å². The fourth-order valence-corrected chi connectivity index (χ4v) is 2.67. The maximum absolute atomic E-state index is 3.73. The van der Waals surface area contributed by atoms with E-state index >= 15 is 0 Å².